The predicted molar refractivity (Wildman–Crippen MR) is 315 cm³/mol. The highest BCUT2D eigenvalue weighted by Crippen LogP contribution is 2.36. The number of aryl methyl sites for hydroxylation is 8. The van der Waals surface area contributed by atoms with E-state index < -0.39 is 13.7 Å². The summed E-state index contributed by atoms with van der Waals surface area (Å²) in [5, 5.41) is 12.3. The number of benzene rings is 8. The quantitative estimate of drug-likeness (QED) is 0.165. The van der Waals surface area contributed by atoms with Gasteiger partial charge in [0.25, 0.3) is 0 Å². The van der Waals surface area contributed by atoms with Crippen LogP contribution >= 0.6 is 0 Å². The van der Waals surface area contributed by atoms with E-state index in [0.29, 0.717) is 16.8 Å². The molecule has 7 heterocycles. The number of furan rings is 3. The maximum atomic E-state index is 7.63. The van der Waals surface area contributed by atoms with Crippen molar-refractivity contribution in [3.05, 3.63) is 228 Å². The molecule has 8 aromatic carbocycles. The third kappa shape index (κ3) is 8.23. The number of fused-ring (bicyclic) bond motifs is 12. The summed E-state index contributed by atoms with van der Waals surface area (Å²) in [5.41, 5.74) is 15.9. The summed E-state index contributed by atoms with van der Waals surface area (Å²) in [5.74, 6) is 0. The lowest BCUT2D eigenvalue weighted by Gasteiger charge is -2.05. The standard InChI is InChI=1S/C24H20NO.C23H19N2O.C23H18NO/c1-15-8-9-19(16(2)12-15)22-11-10-20-21-13-17-6-4-5-7-18(17)14-23(21)26-24(20)25(22)3;1-14-8-9-17(15(2)12-14)21-11-10-18-19-13-16-6-4-5-7-20(16)24-22(19)26-23(18)25(21)3;1-15-7-3-6-10-18(15)21-12-11-19-20-13-16-8-4-5-9-17(16)14-22(20)25-23(19)24(21)2/h4-14H,1-3H3;4-13H,1-3H3;3-14H,1-2H3/q3*+1/i2*1D3;. The van der Waals surface area contributed by atoms with E-state index in [1.54, 1.807) is 24.3 Å². The molecule has 15 rings (SSSR count). The van der Waals surface area contributed by atoms with Crippen molar-refractivity contribution in [2.75, 3.05) is 0 Å². The molecular formula is C70H57N4O3+3. The van der Waals surface area contributed by atoms with Crippen molar-refractivity contribution in [3.8, 4) is 33.8 Å². The summed E-state index contributed by atoms with van der Waals surface area (Å²) in [6.45, 7) is 1.81. The molecule has 0 unspecified atom stereocenters. The van der Waals surface area contributed by atoms with Gasteiger partial charge in [-0.3, -0.25) is 0 Å². The number of rotatable bonds is 3. The van der Waals surface area contributed by atoms with Gasteiger partial charge in [-0.05, 0) is 146 Å². The van der Waals surface area contributed by atoms with E-state index in [1.807, 2.05) is 97.7 Å². The Bertz CT molecular complexity index is 4890. The van der Waals surface area contributed by atoms with E-state index in [1.165, 1.54) is 32.7 Å². The molecule has 7 heteroatoms. The Morgan fingerprint density at radius 1 is 0.351 bits per heavy atom. The Morgan fingerprint density at radius 2 is 0.753 bits per heavy atom. The maximum Gasteiger partial charge on any atom is 0.383 e. The molecule has 0 spiro atoms. The van der Waals surface area contributed by atoms with Crippen molar-refractivity contribution in [2.24, 2.45) is 21.1 Å². The normalized spacial score (nSPS) is 13.1. The van der Waals surface area contributed by atoms with Gasteiger partial charge in [0.05, 0.1) is 21.7 Å². The SMILES string of the molecule is Cc1ccccc1-c1ccc2c3cc4ccccc4cc3oc2[n+]1C.[2H]C([2H])([2H])c1ccc(-c2ccc3c4cc5ccccc5cc4oc3[n+]2C)c(C)c1.[2H]C([2H])([2H])c1ccc(-c2ccc3c4cc5ccccc5nc4oc3[n+]2C)c(C)c1. The van der Waals surface area contributed by atoms with Crippen LogP contribution in [0.2, 0.25) is 0 Å². The van der Waals surface area contributed by atoms with Gasteiger partial charge in [0, 0.05) is 59.3 Å². The second-order valence-electron chi connectivity index (χ2n) is 20.1. The van der Waals surface area contributed by atoms with Gasteiger partial charge in [0.15, 0.2) is 0 Å². The Labute approximate surface area is 454 Å². The number of hydrogen-bond donors (Lipinski definition) is 0. The third-order valence-corrected chi connectivity index (χ3v) is 15.2. The van der Waals surface area contributed by atoms with Crippen LogP contribution in [0, 0.1) is 34.5 Å². The van der Waals surface area contributed by atoms with Crippen molar-refractivity contribution in [2.45, 2.75) is 34.5 Å². The molecule has 0 radical (unpaired) electrons. The monoisotopic (exact) mass is 1010 g/mol. The summed E-state index contributed by atoms with van der Waals surface area (Å²) < 4.78 is 70.6. The topological polar surface area (TPSA) is 64.0 Å². The van der Waals surface area contributed by atoms with E-state index in [4.69, 9.17) is 21.5 Å². The highest BCUT2D eigenvalue weighted by atomic mass is 16.4. The predicted octanol–water partition coefficient (Wildman–Crippen LogP) is 16.6. The van der Waals surface area contributed by atoms with Crippen LogP contribution in [-0.4, -0.2) is 4.98 Å². The lowest BCUT2D eigenvalue weighted by Crippen LogP contribution is -2.31. The molecule has 0 aliphatic heterocycles. The first-order chi connectivity index (χ1) is 39.9. The molecule has 7 aromatic heterocycles. The second-order valence-corrected chi connectivity index (χ2v) is 20.1. The molecule has 0 bridgehead atoms. The lowest BCUT2D eigenvalue weighted by atomic mass is 10.0. The van der Waals surface area contributed by atoms with Crippen LogP contribution in [0.3, 0.4) is 0 Å². The van der Waals surface area contributed by atoms with Crippen LogP contribution in [-0.2, 0) is 21.1 Å². The Morgan fingerprint density at radius 3 is 1.23 bits per heavy atom. The number of aromatic nitrogens is 4. The summed E-state index contributed by atoms with van der Waals surface area (Å²) >= 11 is 0. The van der Waals surface area contributed by atoms with Crippen LogP contribution < -0.4 is 13.7 Å². The minimum atomic E-state index is -2.11. The molecule has 7 nitrogen and oxygen atoms in total. The first kappa shape index (κ1) is 40.9. The third-order valence-electron chi connectivity index (χ3n) is 15.2. The molecule has 0 N–H and O–H groups in total. The van der Waals surface area contributed by atoms with E-state index in [2.05, 4.69) is 139 Å². The smallest absolute Gasteiger partial charge is 0.383 e. The molecular weight excluding hydrogens is 945 g/mol. The highest BCUT2D eigenvalue weighted by molar-refractivity contribution is 6.10. The van der Waals surface area contributed by atoms with Gasteiger partial charge in [-0.2, -0.15) is 13.7 Å². The fourth-order valence-corrected chi connectivity index (χ4v) is 11.2. The largest absolute Gasteiger partial charge is 0.404 e. The Hall–Kier alpha value is -9.46. The van der Waals surface area contributed by atoms with Gasteiger partial charge in [0.2, 0.25) is 22.8 Å². The minimum absolute atomic E-state index is 0.349. The summed E-state index contributed by atoms with van der Waals surface area (Å²) in [7, 11) is 6.01. The average molecular weight is 1010 g/mol. The summed E-state index contributed by atoms with van der Waals surface area (Å²) in [6.07, 6.45) is 0. The lowest BCUT2D eigenvalue weighted by molar-refractivity contribution is -0.640. The van der Waals surface area contributed by atoms with E-state index in [-0.39, 0.29) is 0 Å². The molecule has 0 atom stereocenters. The zero-order chi connectivity index (χ0) is 57.6. The fourth-order valence-electron chi connectivity index (χ4n) is 11.2. The average Bonchev–Trinajstić information content (AvgIpc) is 3.35. The molecule has 0 aliphatic rings. The second kappa shape index (κ2) is 18.7. The molecule has 0 saturated heterocycles. The van der Waals surface area contributed by atoms with E-state index >= 15 is 0 Å². The number of para-hydroxylation sites is 1. The van der Waals surface area contributed by atoms with E-state index in [0.717, 1.165) is 111 Å². The van der Waals surface area contributed by atoms with Crippen LogP contribution in [0.5, 0.6) is 0 Å². The maximum absolute atomic E-state index is 7.63. The number of hydrogen-bond acceptors (Lipinski definition) is 4. The molecule has 0 saturated carbocycles. The van der Waals surface area contributed by atoms with Crippen LogP contribution in [0.1, 0.15) is 36.0 Å². The van der Waals surface area contributed by atoms with Gasteiger partial charge >= 0.3 is 17.1 Å². The van der Waals surface area contributed by atoms with Gasteiger partial charge in [-0.25, -0.2) is 4.98 Å². The first-order valence-corrected chi connectivity index (χ1v) is 25.8. The molecule has 77 heavy (non-hydrogen) atoms. The van der Waals surface area contributed by atoms with Crippen molar-refractivity contribution < 1.29 is 35.2 Å². The van der Waals surface area contributed by atoms with Crippen molar-refractivity contribution >= 4 is 98.8 Å². The van der Waals surface area contributed by atoms with Crippen LogP contribution in [0.4, 0.5) is 0 Å². The van der Waals surface area contributed by atoms with E-state index in [9.17, 15) is 0 Å². The summed E-state index contributed by atoms with van der Waals surface area (Å²) in [6, 6.07) is 67.1. The van der Waals surface area contributed by atoms with Crippen molar-refractivity contribution in [3.63, 3.8) is 0 Å². The molecule has 372 valence electrons. The van der Waals surface area contributed by atoms with Crippen molar-refractivity contribution in [1.29, 1.82) is 0 Å². The fraction of sp³-hybridized carbons (Fsp3) is 0.114. The van der Waals surface area contributed by atoms with Gasteiger partial charge in [-0.1, -0.05) is 120 Å². The zero-order valence-corrected chi connectivity index (χ0v) is 43.6. The first-order valence-electron chi connectivity index (χ1n) is 28.8. The minimum Gasteiger partial charge on any atom is -0.404 e. The molecule has 15 aromatic rings. The molecule has 0 amide bonds. The number of pyridine rings is 4. The van der Waals surface area contributed by atoms with Crippen LogP contribution in [0.15, 0.2) is 213 Å². The van der Waals surface area contributed by atoms with Gasteiger partial charge < -0.3 is 13.3 Å². The Kier molecular flexibility index (Phi) is 9.94. The molecule has 0 fully saturated rings. The Balaban J connectivity index is 0.000000117. The summed E-state index contributed by atoms with van der Waals surface area (Å²) in [4.78, 5) is 4.67. The zero-order valence-electron chi connectivity index (χ0n) is 49.6. The van der Waals surface area contributed by atoms with Gasteiger partial charge in [0.1, 0.15) is 37.7 Å². The van der Waals surface area contributed by atoms with Crippen molar-refractivity contribution in [1.82, 2.24) is 4.98 Å². The highest BCUT2D eigenvalue weighted by Gasteiger charge is 2.25. The molecule has 0 aliphatic carbocycles. The van der Waals surface area contributed by atoms with Crippen LogP contribution in [0.25, 0.3) is 133 Å². The number of nitrogens with zero attached hydrogens (tertiary/aromatic N) is 4. The van der Waals surface area contributed by atoms with Gasteiger partial charge in [-0.15, -0.1) is 0 Å².